The van der Waals surface area contributed by atoms with Gasteiger partial charge in [0.05, 0.1) is 0 Å². The monoisotopic (exact) mass is 344 g/mol. The van der Waals surface area contributed by atoms with E-state index in [0.29, 0.717) is 11.6 Å². The summed E-state index contributed by atoms with van der Waals surface area (Å²) < 4.78 is 7.49. The van der Waals surface area contributed by atoms with E-state index < -0.39 is 0 Å². The Balaban J connectivity index is 1.66. The van der Waals surface area contributed by atoms with E-state index in [0.717, 1.165) is 50.4 Å². The van der Waals surface area contributed by atoms with Gasteiger partial charge >= 0.3 is 0 Å². The fourth-order valence-electron chi connectivity index (χ4n) is 3.56. The maximum absolute atomic E-state index is 12.9. The van der Waals surface area contributed by atoms with E-state index in [2.05, 4.69) is 28.6 Å². The molecular formula is C19H28N4O2. The van der Waals surface area contributed by atoms with Crippen molar-refractivity contribution in [1.29, 1.82) is 0 Å². The van der Waals surface area contributed by atoms with Crippen LogP contribution in [0.2, 0.25) is 0 Å². The van der Waals surface area contributed by atoms with Crippen LogP contribution in [-0.2, 0) is 13.0 Å². The first kappa shape index (κ1) is 17.7. The van der Waals surface area contributed by atoms with E-state index in [9.17, 15) is 4.79 Å². The number of hydrogen-bond donors (Lipinski definition) is 0. The van der Waals surface area contributed by atoms with Gasteiger partial charge < -0.3 is 14.0 Å². The van der Waals surface area contributed by atoms with Crippen molar-refractivity contribution in [3.8, 4) is 0 Å². The molecular weight excluding hydrogens is 316 g/mol. The second-order valence-electron chi connectivity index (χ2n) is 7.38. The lowest BCUT2D eigenvalue weighted by molar-refractivity contribution is 0.0584. The Morgan fingerprint density at radius 1 is 1.40 bits per heavy atom. The van der Waals surface area contributed by atoms with Gasteiger partial charge in [-0.3, -0.25) is 4.79 Å². The van der Waals surface area contributed by atoms with Crippen molar-refractivity contribution < 1.29 is 9.32 Å². The fraction of sp³-hybridized carbons (Fsp3) is 0.632. The van der Waals surface area contributed by atoms with Gasteiger partial charge in [0.15, 0.2) is 5.69 Å². The summed E-state index contributed by atoms with van der Waals surface area (Å²) in [5, 5.41) is 4.02. The van der Waals surface area contributed by atoms with Gasteiger partial charge in [-0.05, 0) is 38.5 Å². The SMILES string of the molecule is Cc1nccn1CC[C@@H]1CCCCN1C(=O)c1cc(CC(C)C)on1. The van der Waals surface area contributed by atoms with Crippen LogP contribution in [0.3, 0.4) is 0 Å². The van der Waals surface area contributed by atoms with Crippen molar-refractivity contribution in [1.82, 2.24) is 19.6 Å². The van der Waals surface area contributed by atoms with Gasteiger partial charge in [-0.2, -0.15) is 0 Å². The van der Waals surface area contributed by atoms with Crippen molar-refractivity contribution in [2.24, 2.45) is 5.92 Å². The second kappa shape index (κ2) is 7.85. The molecule has 136 valence electrons. The van der Waals surface area contributed by atoms with Crippen LogP contribution in [0, 0.1) is 12.8 Å². The molecule has 0 spiro atoms. The lowest BCUT2D eigenvalue weighted by Crippen LogP contribution is -2.44. The molecule has 2 aromatic heterocycles. The molecule has 0 N–H and O–H groups in total. The van der Waals surface area contributed by atoms with Crippen molar-refractivity contribution in [3.63, 3.8) is 0 Å². The Kier molecular flexibility index (Phi) is 5.56. The molecule has 0 aromatic carbocycles. The molecule has 0 unspecified atom stereocenters. The first-order valence-electron chi connectivity index (χ1n) is 9.29. The first-order chi connectivity index (χ1) is 12.0. The van der Waals surface area contributed by atoms with Crippen LogP contribution in [0.4, 0.5) is 0 Å². The average Bonchev–Trinajstić information content (AvgIpc) is 3.21. The van der Waals surface area contributed by atoms with Crippen LogP contribution in [0.25, 0.3) is 0 Å². The molecule has 3 rings (SSSR count). The largest absolute Gasteiger partial charge is 0.361 e. The number of carbonyl (C=O) groups excluding carboxylic acids is 1. The molecule has 1 atom stereocenters. The van der Waals surface area contributed by atoms with E-state index in [4.69, 9.17) is 4.52 Å². The van der Waals surface area contributed by atoms with Crippen LogP contribution in [0.1, 0.15) is 61.6 Å². The fourth-order valence-corrected chi connectivity index (χ4v) is 3.56. The summed E-state index contributed by atoms with van der Waals surface area (Å²) in [7, 11) is 0. The van der Waals surface area contributed by atoms with Gasteiger partial charge in [0, 0.05) is 44.0 Å². The lowest BCUT2D eigenvalue weighted by atomic mass is 9.98. The Morgan fingerprint density at radius 2 is 2.24 bits per heavy atom. The average molecular weight is 344 g/mol. The van der Waals surface area contributed by atoms with E-state index in [-0.39, 0.29) is 11.9 Å². The number of piperidine rings is 1. The minimum Gasteiger partial charge on any atom is -0.361 e. The van der Waals surface area contributed by atoms with Gasteiger partial charge in [-0.25, -0.2) is 4.98 Å². The topological polar surface area (TPSA) is 64.2 Å². The van der Waals surface area contributed by atoms with E-state index in [1.807, 2.05) is 30.3 Å². The highest BCUT2D eigenvalue weighted by molar-refractivity contribution is 5.92. The maximum Gasteiger partial charge on any atom is 0.276 e. The van der Waals surface area contributed by atoms with Crippen molar-refractivity contribution in [2.45, 2.75) is 65.5 Å². The summed E-state index contributed by atoms with van der Waals surface area (Å²) in [6.45, 7) is 7.96. The molecule has 0 aliphatic carbocycles. The summed E-state index contributed by atoms with van der Waals surface area (Å²) in [4.78, 5) is 19.2. The number of aromatic nitrogens is 3. The molecule has 3 heterocycles. The van der Waals surface area contributed by atoms with Crippen LogP contribution in [0.15, 0.2) is 23.0 Å². The highest BCUT2D eigenvalue weighted by Gasteiger charge is 2.29. The summed E-state index contributed by atoms with van der Waals surface area (Å²) in [5.41, 5.74) is 0.446. The number of aryl methyl sites for hydroxylation is 2. The van der Waals surface area contributed by atoms with Gasteiger partial charge in [-0.1, -0.05) is 19.0 Å². The summed E-state index contributed by atoms with van der Waals surface area (Å²) in [6.07, 6.45) is 8.86. The minimum absolute atomic E-state index is 0.00538. The molecule has 1 amide bonds. The quantitative estimate of drug-likeness (QED) is 0.805. The second-order valence-corrected chi connectivity index (χ2v) is 7.38. The highest BCUT2D eigenvalue weighted by atomic mass is 16.5. The zero-order valence-electron chi connectivity index (χ0n) is 15.4. The molecule has 0 saturated carbocycles. The van der Waals surface area contributed by atoms with Crippen LogP contribution < -0.4 is 0 Å². The number of imidazole rings is 1. The Hall–Kier alpha value is -2.11. The summed E-state index contributed by atoms with van der Waals surface area (Å²) >= 11 is 0. The molecule has 1 aliphatic heterocycles. The molecule has 1 aliphatic rings. The molecule has 25 heavy (non-hydrogen) atoms. The van der Waals surface area contributed by atoms with Gasteiger partial charge in [0.1, 0.15) is 11.6 Å². The predicted octanol–water partition coefficient (Wildman–Crippen LogP) is 3.46. The lowest BCUT2D eigenvalue weighted by Gasteiger charge is -2.35. The molecule has 2 aromatic rings. The number of carbonyl (C=O) groups is 1. The Bertz CT molecular complexity index is 704. The van der Waals surface area contributed by atoms with Crippen LogP contribution >= 0.6 is 0 Å². The summed E-state index contributed by atoms with van der Waals surface area (Å²) in [6, 6.07) is 2.07. The van der Waals surface area contributed by atoms with E-state index >= 15 is 0 Å². The van der Waals surface area contributed by atoms with E-state index in [1.54, 1.807) is 0 Å². The molecule has 1 saturated heterocycles. The highest BCUT2D eigenvalue weighted by Crippen LogP contribution is 2.23. The maximum atomic E-state index is 12.9. The van der Waals surface area contributed by atoms with Crippen LogP contribution in [-0.4, -0.2) is 38.1 Å². The minimum atomic E-state index is 0.00538. The van der Waals surface area contributed by atoms with Crippen molar-refractivity contribution >= 4 is 5.91 Å². The summed E-state index contributed by atoms with van der Waals surface area (Å²) in [5.74, 6) is 2.30. The zero-order valence-corrected chi connectivity index (χ0v) is 15.4. The zero-order chi connectivity index (χ0) is 17.8. The Morgan fingerprint density at radius 3 is 2.96 bits per heavy atom. The third-order valence-electron chi connectivity index (χ3n) is 4.90. The van der Waals surface area contributed by atoms with Gasteiger partial charge in [-0.15, -0.1) is 0 Å². The van der Waals surface area contributed by atoms with Gasteiger partial charge in [0.25, 0.3) is 5.91 Å². The van der Waals surface area contributed by atoms with Crippen molar-refractivity contribution in [3.05, 3.63) is 35.7 Å². The third-order valence-corrected chi connectivity index (χ3v) is 4.90. The number of nitrogens with zero attached hydrogens (tertiary/aromatic N) is 4. The van der Waals surface area contributed by atoms with E-state index in [1.165, 1.54) is 6.42 Å². The number of likely N-dealkylation sites (tertiary alicyclic amines) is 1. The molecule has 6 heteroatoms. The smallest absolute Gasteiger partial charge is 0.276 e. The predicted molar refractivity (Wildman–Crippen MR) is 95.3 cm³/mol. The number of hydrogen-bond acceptors (Lipinski definition) is 4. The first-order valence-corrected chi connectivity index (χ1v) is 9.29. The molecule has 0 bridgehead atoms. The molecule has 1 fully saturated rings. The molecule has 0 radical (unpaired) electrons. The standard InChI is InChI=1S/C19H28N4O2/c1-14(2)12-17-13-18(21-25-17)19(24)23-9-5-4-6-16(23)7-10-22-11-8-20-15(22)3/h8,11,13-14,16H,4-7,9-10,12H2,1-3H3/t16-/m0/s1. The van der Waals surface area contributed by atoms with Gasteiger partial charge in [0.2, 0.25) is 0 Å². The normalized spacial score (nSPS) is 18.1. The molecule has 6 nitrogen and oxygen atoms in total. The third kappa shape index (κ3) is 4.30. The number of rotatable bonds is 6. The Labute approximate surface area is 149 Å². The van der Waals surface area contributed by atoms with Crippen molar-refractivity contribution in [2.75, 3.05) is 6.54 Å². The number of amides is 1. The van der Waals surface area contributed by atoms with Crippen LogP contribution in [0.5, 0.6) is 0 Å².